The molecular formula is C13H16Cl2N2O. The van der Waals surface area contributed by atoms with Gasteiger partial charge in [0.15, 0.2) is 0 Å². The van der Waals surface area contributed by atoms with Crippen molar-refractivity contribution in [2.45, 2.75) is 32.2 Å². The summed E-state index contributed by atoms with van der Waals surface area (Å²) in [7, 11) is 0. The molecule has 1 aliphatic rings. The first-order valence-electron chi connectivity index (χ1n) is 6.06. The van der Waals surface area contributed by atoms with E-state index in [-0.39, 0.29) is 11.9 Å². The molecule has 1 fully saturated rings. The Bertz CT molecular complexity index is 457. The Morgan fingerprint density at radius 3 is 2.94 bits per heavy atom. The standard InChI is InChI=1S/C13H16Cl2N2O/c1-8-4-5-10(14)13(12(8)15)17-11(18)7-9-3-2-6-16-9/h4-5,9,16H,2-3,6-7H2,1H3,(H,17,18). The normalized spacial score (nSPS) is 18.9. The highest BCUT2D eigenvalue weighted by Gasteiger charge is 2.19. The highest BCUT2D eigenvalue weighted by molar-refractivity contribution is 6.40. The molecule has 1 aliphatic heterocycles. The third-order valence-electron chi connectivity index (χ3n) is 3.14. The van der Waals surface area contributed by atoms with Crippen molar-refractivity contribution >= 4 is 34.8 Å². The van der Waals surface area contributed by atoms with Crippen LogP contribution in [0.2, 0.25) is 10.0 Å². The lowest BCUT2D eigenvalue weighted by Crippen LogP contribution is -2.27. The zero-order valence-corrected chi connectivity index (χ0v) is 11.7. The monoisotopic (exact) mass is 286 g/mol. The van der Waals surface area contributed by atoms with E-state index in [4.69, 9.17) is 23.2 Å². The van der Waals surface area contributed by atoms with Gasteiger partial charge in [-0.2, -0.15) is 0 Å². The third-order valence-corrected chi connectivity index (χ3v) is 3.94. The van der Waals surface area contributed by atoms with E-state index in [9.17, 15) is 4.79 Å². The maximum atomic E-state index is 11.9. The van der Waals surface area contributed by atoms with E-state index in [1.165, 1.54) is 0 Å². The number of benzene rings is 1. The Balaban J connectivity index is 2.04. The van der Waals surface area contributed by atoms with Gasteiger partial charge < -0.3 is 10.6 Å². The van der Waals surface area contributed by atoms with E-state index < -0.39 is 0 Å². The van der Waals surface area contributed by atoms with Gasteiger partial charge in [0.25, 0.3) is 0 Å². The number of carbonyl (C=O) groups is 1. The third kappa shape index (κ3) is 3.16. The van der Waals surface area contributed by atoms with Gasteiger partial charge in [-0.25, -0.2) is 0 Å². The van der Waals surface area contributed by atoms with Gasteiger partial charge in [-0.3, -0.25) is 4.79 Å². The zero-order chi connectivity index (χ0) is 13.1. The molecule has 1 amide bonds. The Morgan fingerprint density at radius 2 is 2.28 bits per heavy atom. The second-order valence-corrected chi connectivity index (χ2v) is 5.38. The van der Waals surface area contributed by atoms with E-state index in [1.54, 1.807) is 6.07 Å². The van der Waals surface area contributed by atoms with Crippen LogP contribution in [0, 0.1) is 6.92 Å². The summed E-state index contributed by atoms with van der Waals surface area (Å²) in [5, 5.41) is 7.07. The van der Waals surface area contributed by atoms with Crippen molar-refractivity contribution in [3.8, 4) is 0 Å². The number of amides is 1. The van der Waals surface area contributed by atoms with Gasteiger partial charge in [0.1, 0.15) is 0 Å². The summed E-state index contributed by atoms with van der Waals surface area (Å²) < 4.78 is 0. The molecule has 2 N–H and O–H groups in total. The maximum absolute atomic E-state index is 11.9. The zero-order valence-electron chi connectivity index (χ0n) is 10.2. The van der Waals surface area contributed by atoms with Crippen LogP contribution in [0.4, 0.5) is 5.69 Å². The summed E-state index contributed by atoms with van der Waals surface area (Å²) in [6.07, 6.45) is 2.63. The van der Waals surface area contributed by atoms with Gasteiger partial charge in [0, 0.05) is 12.5 Å². The van der Waals surface area contributed by atoms with Crippen molar-refractivity contribution in [1.29, 1.82) is 0 Å². The predicted octanol–water partition coefficient (Wildman–Crippen LogP) is 3.38. The summed E-state index contributed by atoms with van der Waals surface area (Å²) in [6.45, 7) is 2.87. The van der Waals surface area contributed by atoms with Crippen LogP contribution in [0.1, 0.15) is 24.8 Å². The van der Waals surface area contributed by atoms with Gasteiger partial charge in [-0.1, -0.05) is 29.3 Å². The van der Waals surface area contributed by atoms with Crippen LogP contribution in [0.15, 0.2) is 12.1 Å². The van der Waals surface area contributed by atoms with Crippen LogP contribution in [0.3, 0.4) is 0 Å². The summed E-state index contributed by atoms with van der Waals surface area (Å²) in [5.41, 5.74) is 1.41. The second kappa shape index (κ2) is 5.91. The smallest absolute Gasteiger partial charge is 0.226 e. The average Bonchev–Trinajstić information content (AvgIpc) is 2.82. The molecule has 1 atom stereocenters. The quantitative estimate of drug-likeness (QED) is 0.894. The van der Waals surface area contributed by atoms with Crippen LogP contribution >= 0.6 is 23.2 Å². The van der Waals surface area contributed by atoms with Crippen LogP contribution in [-0.2, 0) is 4.79 Å². The topological polar surface area (TPSA) is 41.1 Å². The molecule has 0 saturated carbocycles. The highest BCUT2D eigenvalue weighted by Crippen LogP contribution is 2.33. The SMILES string of the molecule is Cc1ccc(Cl)c(NC(=O)CC2CCCN2)c1Cl. The fourth-order valence-corrected chi connectivity index (χ4v) is 2.58. The summed E-state index contributed by atoms with van der Waals surface area (Å²) in [6, 6.07) is 3.85. The minimum atomic E-state index is -0.0520. The Labute approximate surface area is 117 Å². The number of nitrogens with one attached hydrogen (secondary N) is 2. The van der Waals surface area contributed by atoms with Crippen LogP contribution in [-0.4, -0.2) is 18.5 Å². The molecule has 1 saturated heterocycles. The van der Waals surface area contributed by atoms with Crippen molar-refractivity contribution < 1.29 is 4.79 Å². The number of aryl methyl sites for hydroxylation is 1. The Morgan fingerprint density at radius 1 is 1.50 bits per heavy atom. The number of rotatable bonds is 3. The minimum Gasteiger partial charge on any atom is -0.323 e. The summed E-state index contributed by atoms with van der Waals surface area (Å²) in [4.78, 5) is 11.9. The van der Waals surface area contributed by atoms with E-state index in [1.807, 2.05) is 13.0 Å². The summed E-state index contributed by atoms with van der Waals surface area (Å²) >= 11 is 12.2. The van der Waals surface area contributed by atoms with E-state index >= 15 is 0 Å². The average molecular weight is 287 g/mol. The van der Waals surface area contributed by atoms with E-state index in [0.29, 0.717) is 22.2 Å². The minimum absolute atomic E-state index is 0.0520. The van der Waals surface area contributed by atoms with Gasteiger partial charge in [-0.15, -0.1) is 0 Å². The first-order valence-corrected chi connectivity index (χ1v) is 6.81. The second-order valence-electron chi connectivity index (χ2n) is 4.60. The Hall–Kier alpha value is -0.770. The van der Waals surface area contributed by atoms with Crippen LogP contribution < -0.4 is 10.6 Å². The first kappa shape index (κ1) is 13.7. The molecule has 18 heavy (non-hydrogen) atoms. The first-order chi connectivity index (χ1) is 8.58. The molecule has 5 heteroatoms. The number of halogens is 2. The molecule has 3 nitrogen and oxygen atoms in total. The fraction of sp³-hybridized carbons (Fsp3) is 0.462. The van der Waals surface area contributed by atoms with Crippen molar-refractivity contribution in [3.63, 3.8) is 0 Å². The molecule has 1 unspecified atom stereocenters. The van der Waals surface area contributed by atoms with Gasteiger partial charge in [0.2, 0.25) is 5.91 Å². The molecule has 1 aromatic carbocycles. The molecular weight excluding hydrogens is 271 g/mol. The fourth-order valence-electron chi connectivity index (χ4n) is 2.12. The van der Waals surface area contributed by atoms with Gasteiger partial charge in [-0.05, 0) is 37.9 Å². The van der Waals surface area contributed by atoms with Crippen molar-refractivity contribution in [1.82, 2.24) is 5.32 Å². The Kier molecular flexibility index (Phi) is 4.49. The van der Waals surface area contributed by atoms with Crippen molar-refractivity contribution in [3.05, 3.63) is 27.7 Å². The maximum Gasteiger partial charge on any atom is 0.226 e. The highest BCUT2D eigenvalue weighted by atomic mass is 35.5. The molecule has 1 heterocycles. The lowest BCUT2D eigenvalue weighted by molar-refractivity contribution is -0.116. The van der Waals surface area contributed by atoms with Gasteiger partial charge >= 0.3 is 0 Å². The molecule has 0 aromatic heterocycles. The predicted molar refractivity (Wildman–Crippen MR) is 75.5 cm³/mol. The van der Waals surface area contributed by atoms with Crippen molar-refractivity contribution in [2.24, 2.45) is 0 Å². The van der Waals surface area contributed by atoms with Crippen LogP contribution in [0.5, 0.6) is 0 Å². The molecule has 0 aliphatic carbocycles. The van der Waals surface area contributed by atoms with Crippen LogP contribution in [0.25, 0.3) is 0 Å². The number of hydrogen-bond donors (Lipinski definition) is 2. The lowest BCUT2D eigenvalue weighted by Gasteiger charge is -2.13. The molecule has 0 spiro atoms. The number of anilines is 1. The largest absolute Gasteiger partial charge is 0.323 e. The van der Waals surface area contributed by atoms with Crippen molar-refractivity contribution in [2.75, 3.05) is 11.9 Å². The number of hydrogen-bond acceptors (Lipinski definition) is 2. The summed E-state index contributed by atoms with van der Waals surface area (Å²) in [5.74, 6) is -0.0520. The van der Waals surface area contributed by atoms with E-state index in [0.717, 1.165) is 24.9 Å². The lowest BCUT2D eigenvalue weighted by atomic mass is 10.1. The number of carbonyl (C=O) groups excluding carboxylic acids is 1. The molecule has 0 bridgehead atoms. The molecule has 1 aromatic rings. The molecule has 98 valence electrons. The molecule has 0 radical (unpaired) electrons. The molecule has 2 rings (SSSR count). The van der Waals surface area contributed by atoms with Gasteiger partial charge in [0.05, 0.1) is 15.7 Å². The van der Waals surface area contributed by atoms with E-state index in [2.05, 4.69) is 10.6 Å².